The molecule has 2 aromatic rings. The number of carbonyl (C=O) groups excluding carboxylic acids is 1. The molecule has 114 valence electrons. The van der Waals surface area contributed by atoms with E-state index < -0.39 is 0 Å². The minimum Gasteiger partial charge on any atom is -0.324 e. The van der Waals surface area contributed by atoms with Crippen molar-refractivity contribution >= 4 is 11.6 Å². The summed E-state index contributed by atoms with van der Waals surface area (Å²) in [4.78, 5) is 14.0. The fourth-order valence-corrected chi connectivity index (χ4v) is 3.25. The van der Waals surface area contributed by atoms with E-state index in [1.54, 1.807) is 4.90 Å². The van der Waals surface area contributed by atoms with E-state index in [1.165, 1.54) is 5.56 Å². The highest BCUT2D eigenvalue weighted by atomic mass is 16.2. The summed E-state index contributed by atoms with van der Waals surface area (Å²) >= 11 is 0. The smallest absolute Gasteiger partial charge is 0.234 e. The standard InChI is InChI=1S/C19H22N2O/c1-3-15-16-12-14(9-10-18(16)21(2)19(15)22)17(20)11-13-7-5-4-6-8-13/h4-10,12,15,17H,3,11,20H2,1-2H3. The monoisotopic (exact) mass is 294 g/mol. The minimum atomic E-state index is -0.0498. The van der Waals surface area contributed by atoms with Crippen molar-refractivity contribution in [3.63, 3.8) is 0 Å². The number of fused-ring (bicyclic) bond motifs is 1. The summed E-state index contributed by atoms with van der Waals surface area (Å²) in [6.07, 6.45) is 1.63. The third-order valence-electron chi connectivity index (χ3n) is 4.55. The van der Waals surface area contributed by atoms with Crippen LogP contribution in [0.4, 0.5) is 5.69 Å². The number of amides is 1. The highest BCUT2D eigenvalue weighted by molar-refractivity contribution is 6.04. The number of likely N-dealkylation sites (N-methyl/N-ethyl adjacent to an activating group) is 1. The second-order valence-electron chi connectivity index (χ2n) is 5.97. The van der Waals surface area contributed by atoms with Crippen LogP contribution in [0, 0.1) is 0 Å². The molecule has 0 saturated heterocycles. The molecule has 2 N–H and O–H groups in total. The van der Waals surface area contributed by atoms with Gasteiger partial charge in [-0.3, -0.25) is 4.79 Å². The number of rotatable bonds is 4. The zero-order valence-corrected chi connectivity index (χ0v) is 13.1. The maximum atomic E-state index is 12.3. The van der Waals surface area contributed by atoms with Crippen molar-refractivity contribution in [3.8, 4) is 0 Å². The first-order chi connectivity index (χ1) is 10.6. The van der Waals surface area contributed by atoms with Gasteiger partial charge in [0.2, 0.25) is 5.91 Å². The highest BCUT2D eigenvalue weighted by Gasteiger charge is 2.34. The van der Waals surface area contributed by atoms with Crippen LogP contribution in [0.15, 0.2) is 48.5 Å². The maximum absolute atomic E-state index is 12.3. The number of nitrogens with zero attached hydrogens (tertiary/aromatic N) is 1. The summed E-state index contributed by atoms with van der Waals surface area (Å²) in [6, 6.07) is 16.4. The van der Waals surface area contributed by atoms with E-state index in [0.29, 0.717) is 0 Å². The van der Waals surface area contributed by atoms with Crippen LogP contribution in [0.2, 0.25) is 0 Å². The molecule has 1 aliphatic heterocycles. The summed E-state index contributed by atoms with van der Waals surface area (Å²) in [7, 11) is 1.85. The normalized spacial score (nSPS) is 18.4. The largest absolute Gasteiger partial charge is 0.324 e. The fourth-order valence-electron chi connectivity index (χ4n) is 3.25. The zero-order valence-electron chi connectivity index (χ0n) is 13.1. The Bertz CT molecular complexity index is 681. The Kier molecular flexibility index (Phi) is 3.99. The van der Waals surface area contributed by atoms with Gasteiger partial charge in [-0.25, -0.2) is 0 Å². The van der Waals surface area contributed by atoms with E-state index in [0.717, 1.165) is 29.7 Å². The molecule has 22 heavy (non-hydrogen) atoms. The lowest BCUT2D eigenvalue weighted by Gasteiger charge is -2.15. The van der Waals surface area contributed by atoms with Crippen molar-refractivity contribution < 1.29 is 4.79 Å². The van der Waals surface area contributed by atoms with Gasteiger partial charge in [-0.2, -0.15) is 0 Å². The molecule has 0 aliphatic carbocycles. The average Bonchev–Trinajstić information content (AvgIpc) is 2.79. The highest BCUT2D eigenvalue weighted by Crippen LogP contribution is 2.39. The lowest BCUT2D eigenvalue weighted by atomic mass is 9.93. The van der Waals surface area contributed by atoms with E-state index in [4.69, 9.17) is 5.73 Å². The molecule has 0 aromatic heterocycles. The molecular formula is C19H22N2O. The summed E-state index contributed by atoms with van der Waals surface area (Å²) in [5.41, 5.74) is 10.9. The Labute approximate surface area is 131 Å². The molecular weight excluding hydrogens is 272 g/mol. The first-order valence-electron chi connectivity index (χ1n) is 7.82. The van der Waals surface area contributed by atoms with Crippen molar-refractivity contribution in [1.29, 1.82) is 0 Å². The van der Waals surface area contributed by atoms with Gasteiger partial charge in [-0.1, -0.05) is 49.4 Å². The number of hydrogen-bond donors (Lipinski definition) is 1. The van der Waals surface area contributed by atoms with Gasteiger partial charge < -0.3 is 10.6 Å². The van der Waals surface area contributed by atoms with Crippen LogP contribution in [0.5, 0.6) is 0 Å². The fraction of sp³-hybridized carbons (Fsp3) is 0.316. The zero-order chi connectivity index (χ0) is 15.7. The van der Waals surface area contributed by atoms with Crippen molar-refractivity contribution in [2.24, 2.45) is 5.73 Å². The van der Waals surface area contributed by atoms with E-state index in [-0.39, 0.29) is 17.9 Å². The van der Waals surface area contributed by atoms with Crippen LogP contribution >= 0.6 is 0 Å². The second-order valence-corrected chi connectivity index (χ2v) is 5.97. The molecule has 0 bridgehead atoms. The van der Waals surface area contributed by atoms with E-state index in [9.17, 15) is 4.79 Å². The number of anilines is 1. The molecule has 3 nitrogen and oxygen atoms in total. The minimum absolute atomic E-state index is 0.0242. The van der Waals surface area contributed by atoms with E-state index >= 15 is 0 Å². The van der Waals surface area contributed by atoms with Gasteiger partial charge in [0.05, 0.1) is 5.92 Å². The van der Waals surface area contributed by atoms with Crippen LogP contribution in [-0.4, -0.2) is 13.0 Å². The molecule has 1 amide bonds. The van der Waals surface area contributed by atoms with Gasteiger partial charge in [-0.15, -0.1) is 0 Å². The van der Waals surface area contributed by atoms with Gasteiger partial charge >= 0.3 is 0 Å². The predicted molar refractivity (Wildman–Crippen MR) is 90.0 cm³/mol. The molecule has 2 aromatic carbocycles. The Hall–Kier alpha value is -2.13. The van der Waals surface area contributed by atoms with Crippen LogP contribution < -0.4 is 10.6 Å². The van der Waals surface area contributed by atoms with Crippen molar-refractivity contribution in [2.75, 3.05) is 11.9 Å². The van der Waals surface area contributed by atoms with Gasteiger partial charge in [0.25, 0.3) is 0 Å². The maximum Gasteiger partial charge on any atom is 0.234 e. The van der Waals surface area contributed by atoms with Gasteiger partial charge in [0, 0.05) is 18.8 Å². The lowest BCUT2D eigenvalue weighted by molar-refractivity contribution is -0.119. The Morgan fingerprint density at radius 1 is 1.18 bits per heavy atom. The molecule has 3 heteroatoms. The Balaban J connectivity index is 1.88. The van der Waals surface area contributed by atoms with E-state index in [1.807, 2.05) is 37.4 Å². The summed E-state index contributed by atoms with van der Waals surface area (Å²) in [5, 5.41) is 0. The van der Waals surface area contributed by atoms with Crippen LogP contribution in [0.25, 0.3) is 0 Å². The number of hydrogen-bond acceptors (Lipinski definition) is 2. The molecule has 3 rings (SSSR count). The third kappa shape index (κ3) is 2.53. The van der Waals surface area contributed by atoms with Crippen molar-refractivity contribution in [1.82, 2.24) is 0 Å². The van der Waals surface area contributed by atoms with Crippen molar-refractivity contribution in [3.05, 3.63) is 65.2 Å². The molecule has 0 saturated carbocycles. The topological polar surface area (TPSA) is 46.3 Å². The Morgan fingerprint density at radius 3 is 2.59 bits per heavy atom. The third-order valence-corrected chi connectivity index (χ3v) is 4.55. The molecule has 1 aliphatic rings. The van der Waals surface area contributed by atoms with Gasteiger partial charge in [0.15, 0.2) is 0 Å². The molecule has 0 fully saturated rings. The summed E-state index contributed by atoms with van der Waals surface area (Å²) < 4.78 is 0. The average molecular weight is 294 g/mol. The first-order valence-corrected chi connectivity index (χ1v) is 7.82. The predicted octanol–water partition coefficient (Wildman–Crippen LogP) is 3.40. The van der Waals surface area contributed by atoms with Crippen LogP contribution in [-0.2, 0) is 11.2 Å². The molecule has 2 atom stereocenters. The number of carbonyl (C=O) groups is 1. The molecule has 0 spiro atoms. The van der Waals surface area contributed by atoms with Gasteiger partial charge in [-0.05, 0) is 35.6 Å². The quantitative estimate of drug-likeness (QED) is 0.939. The second kappa shape index (κ2) is 5.93. The molecule has 0 radical (unpaired) electrons. The summed E-state index contributed by atoms with van der Waals surface area (Å²) in [5.74, 6) is 0.162. The van der Waals surface area contributed by atoms with Gasteiger partial charge in [0.1, 0.15) is 0 Å². The number of benzene rings is 2. The van der Waals surface area contributed by atoms with E-state index in [2.05, 4.69) is 25.1 Å². The summed E-state index contributed by atoms with van der Waals surface area (Å²) in [6.45, 7) is 2.06. The van der Waals surface area contributed by atoms with Crippen molar-refractivity contribution in [2.45, 2.75) is 31.7 Å². The van der Waals surface area contributed by atoms with Crippen LogP contribution in [0.1, 0.15) is 42.0 Å². The Morgan fingerprint density at radius 2 is 1.91 bits per heavy atom. The number of nitrogens with two attached hydrogens (primary N) is 1. The molecule has 2 unspecified atom stereocenters. The first kappa shape index (κ1) is 14.8. The lowest BCUT2D eigenvalue weighted by Crippen LogP contribution is -2.23. The van der Waals surface area contributed by atoms with Crippen LogP contribution in [0.3, 0.4) is 0 Å². The molecule has 1 heterocycles. The SMILES string of the molecule is CCC1C(=O)N(C)c2ccc(C(N)Cc3ccccc3)cc21.